The second-order valence-corrected chi connectivity index (χ2v) is 6.60. The van der Waals surface area contributed by atoms with Gasteiger partial charge in [-0.3, -0.25) is 4.79 Å². The van der Waals surface area contributed by atoms with Gasteiger partial charge in [-0.05, 0) is 71.8 Å². The lowest BCUT2D eigenvalue weighted by Crippen LogP contribution is -2.31. The minimum absolute atomic E-state index is 0.123. The number of amides is 1. The van der Waals surface area contributed by atoms with Crippen molar-refractivity contribution >= 4 is 28.5 Å². The first-order valence-electron chi connectivity index (χ1n) is 7.57. The average molecular weight is 427 g/mol. The first-order chi connectivity index (χ1) is 11.2. The van der Waals surface area contributed by atoms with E-state index in [9.17, 15) is 4.79 Å². The van der Waals surface area contributed by atoms with Gasteiger partial charge < -0.3 is 19.2 Å². The van der Waals surface area contributed by atoms with E-state index in [1.165, 1.54) is 0 Å². The Morgan fingerprint density at radius 1 is 1.26 bits per heavy atom. The van der Waals surface area contributed by atoms with Gasteiger partial charge in [-0.1, -0.05) is 0 Å². The van der Waals surface area contributed by atoms with Crippen molar-refractivity contribution in [2.75, 3.05) is 13.2 Å². The third kappa shape index (κ3) is 4.71. The number of benzene rings is 1. The zero-order chi connectivity index (χ0) is 16.1. The fourth-order valence-electron chi connectivity index (χ4n) is 2.36. The Hall–Kier alpha value is -1.54. The van der Waals surface area contributed by atoms with Crippen molar-refractivity contribution in [2.45, 2.75) is 25.6 Å². The lowest BCUT2D eigenvalue weighted by Gasteiger charge is -2.09. The first kappa shape index (κ1) is 16.3. The van der Waals surface area contributed by atoms with E-state index in [0.29, 0.717) is 24.7 Å². The molecule has 6 heteroatoms. The van der Waals surface area contributed by atoms with Crippen LogP contribution in [0.1, 0.15) is 29.2 Å². The minimum Gasteiger partial charge on any atom is -0.486 e. The van der Waals surface area contributed by atoms with E-state index >= 15 is 0 Å². The van der Waals surface area contributed by atoms with Crippen LogP contribution in [0.4, 0.5) is 0 Å². The number of carbonyl (C=O) groups excluding carboxylic acids is 1. The fraction of sp³-hybridized carbons (Fsp3) is 0.353. The monoisotopic (exact) mass is 427 g/mol. The normalized spacial score (nSPS) is 17.2. The summed E-state index contributed by atoms with van der Waals surface area (Å²) in [6.45, 7) is 1.59. The number of hydrogen-bond donors (Lipinski definition) is 1. The van der Waals surface area contributed by atoms with Gasteiger partial charge in [0.05, 0.1) is 6.10 Å². The van der Waals surface area contributed by atoms with Crippen LogP contribution in [0.25, 0.3) is 0 Å². The molecule has 0 radical (unpaired) electrons. The van der Waals surface area contributed by atoms with Crippen LogP contribution < -0.4 is 10.1 Å². The number of hydrogen-bond acceptors (Lipinski definition) is 4. The summed E-state index contributed by atoms with van der Waals surface area (Å²) in [6, 6.07) is 11.2. The molecule has 0 aliphatic carbocycles. The quantitative estimate of drug-likeness (QED) is 0.719. The highest BCUT2D eigenvalue weighted by molar-refractivity contribution is 14.1. The second-order valence-electron chi connectivity index (χ2n) is 5.35. The van der Waals surface area contributed by atoms with Crippen LogP contribution in [0.5, 0.6) is 5.75 Å². The van der Waals surface area contributed by atoms with Crippen molar-refractivity contribution in [3.8, 4) is 5.75 Å². The summed E-state index contributed by atoms with van der Waals surface area (Å²) in [7, 11) is 0. The summed E-state index contributed by atoms with van der Waals surface area (Å²) in [5.74, 6) is 1.46. The predicted octanol–water partition coefficient (Wildman–Crippen LogP) is 3.37. The van der Waals surface area contributed by atoms with E-state index in [1.54, 1.807) is 12.1 Å². The third-order valence-electron chi connectivity index (χ3n) is 3.59. The van der Waals surface area contributed by atoms with Crippen LogP contribution in [0, 0.1) is 3.57 Å². The van der Waals surface area contributed by atoms with Gasteiger partial charge in [0.1, 0.15) is 18.1 Å². The number of carbonyl (C=O) groups is 1. The van der Waals surface area contributed by atoms with Crippen LogP contribution in [0.2, 0.25) is 0 Å². The van der Waals surface area contributed by atoms with Crippen molar-refractivity contribution in [1.29, 1.82) is 0 Å². The molecule has 1 aliphatic heterocycles. The lowest BCUT2D eigenvalue weighted by atomic mass is 10.2. The van der Waals surface area contributed by atoms with Crippen molar-refractivity contribution in [3.63, 3.8) is 0 Å². The summed E-state index contributed by atoms with van der Waals surface area (Å²) >= 11 is 2.24. The zero-order valence-electron chi connectivity index (χ0n) is 12.6. The van der Waals surface area contributed by atoms with Crippen molar-refractivity contribution in [2.24, 2.45) is 0 Å². The highest BCUT2D eigenvalue weighted by atomic mass is 127. The SMILES string of the molecule is O=C(NCC1CCCO1)c1ccc(COc2ccc(I)cc2)o1. The topological polar surface area (TPSA) is 60.7 Å². The van der Waals surface area contributed by atoms with E-state index in [0.717, 1.165) is 28.8 Å². The summed E-state index contributed by atoms with van der Waals surface area (Å²) in [6.07, 6.45) is 2.17. The molecular formula is C17H18INO4. The summed E-state index contributed by atoms with van der Waals surface area (Å²) in [4.78, 5) is 12.0. The Kier molecular flexibility index (Phi) is 5.56. The van der Waals surface area contributed by atoms with Gasteiger partial charge in [-0.15, -0.1) is 0 Å². The summed E-state index contributed by atoms with van der Waals surface area (Å²) in [5, 5.41) is 2.83. The molecule has 1 aromatic carbocycles. The molecule has 3 rings (SSSR count). The van der Waals surface area contributed by atoms with Crippen LogP contribution in [0.15, 0.2) is 40.8 Å². The second kappa shape index (κ2) is 7.83. The van der Waals surface area contributed by atoms with E-state index in [2.05, 4.69) is 27.9 Å². The highest BCUT2D eigenvalue weighted by Crippen LogP contribution is 2.16. The number of nitrogens with one attached hydrogen (secondary N) is 1. The molecule has 1 unspecified atom stereocenters. The van der Waals surface area contributed by atoms with Gasteiger partial charge in [0.15, 0.2) is 5.76 Å². The maximum Gasteiger partial charge on any atom is 0.287 e. The van der Waals surface area contributed by atoms with Crippen molar-refractivity contribution in [1.82, 2.24) is 5.32 Å². The lowest BCUT2D eigenvalue weighted by molar-refractivity contribution is 0.0832. The Bertz CT molecular complexity index is 647. The molecule has 1 aliphatic rings. The molecule has 1 atom stereocenters. The predicted molar refractivity (Wildman–Crippen MR) is 93.5 cm³/mol. The Morgan fingerprint density at radius 3 is 2.83 bits per heavy atom. The molecule has 1 aromatic heterocycles. The molecule has 122 valence electrons. The van der Waals surface area contributed by atoms with E-state index < -0.39 is 0 Å². The fourth-order valence-corrected chi connectivity index (χ4v) is 2.72. The van der Waals surface area contributed by atoms with Crippen LogP contribution in [0.3, 0.4) is 0 Å². The molecule has 2 aromatic rings. The highest BCUT2D eigenvalue weighted by Gasteiger charge is 2.18. The Labute approximate surface area is 148 Å². The van der Waals surface area contributed by atoms with Gasteiger partial charge in [0, 0.05) is 16.7 Å². The smallest absolute Gasteiger partial charge is 0.287 e. The van der Waals surface area contributed by atoms with E-state index in [-0.39, 0.29) is 12.0 Å². The molecule has 1 saturated heterocycles. The van der Waals surface area contributed by atoms with E-state index in [4.69, 9.17) is 13.9 Å². The average Bonchev–Trinajstić information content (AvgIpc) is 3.24. The number of halogens is 1. The van der Waals surface area contributed by atoms with Crippen LogP contribution in [-0.4, -0.2) is 25.2 Å². The summed E-state index contributed by atoms with van der Waals surface area (Å²) in [5.41, 5.74) is 0. The van der Waals surface area contributed by atoms with Gasteiger partial charge in [-0.25, -0.2) is 0 Å². The minimum atomic E-state index is -0.221. The zero-order valence-corrected chi connectivity index (χ0v) is 14.7. The van der Waals surface area contributed by atoms with Gasteiger partial charge in [-0.2, -0.15) is 0 Å². The van der Waals surface area contributed by atoms with Gasteiger partial charge in [0.2, 0.25) is 0 Å². The molecule has 0 bridgehead atoms. The number of ether oxygens (including phenoxy) is 2. The van der Waals surface area contributed by atoms with Gasteiger partial charge in [0.25, 0.3) is 5.91 Å². The Morgan fingerprint density at radius 2 is 2.09 bits per heavy atom. The number of furan rings is 1. The molecule has 1 fully saturated rings. The third-order valence-corrected chi connectivity index (χ3v) is 4.31. The molecule has 5 nitrogen and oxygen atoms in total. The summed E-state index contributed by atoms with van der Waals surface area (Å²) < 4.78 is 17.8. The molecule has 23 heavy (non-hydrogen) atoms. The Balaban J connectivity index is 1.48. The largest absolute Gasteiger partial charge is 0.486 e. The standard InChI is InChI=1S/C17H18INO4/c18-12-3-5-13(6-4-12)22-11-15-7-8-16(23-15)17(20)19-10-14-2-1-9-21-14/h3-8,14H,1-2,9-11H2,(H,19,20). The first-order valence-corrected chi connectivity index (χ1v) is 8.65. The van der Waals surface area contributed by atoms with Gasteiger partial charge >= 0.3 is 0 Å². The maximum atomic E-state index is 12.0. The molecule has 1 N–H and O–H groups in total. The van der Waals surface area contributed by atoms with E-state index in [1.807, 2.05) is 24.3 Å². The molecule has 1 amide bonds. The maximum absolute atomic E-state index is 12.0. The molecule has 2 heterocycles. The van der Waals surface area contributed by atoms with Crippen molar-refractivity contribution < 1.29 is 18.7 Å². The van der Waals surface area contributed by atoms with Crippen molar-refractivity contribution in [3.05, 3.63) is 51.5 Å². The number of rotatable bonds is 6. The van der Waals surface area contributed by atoms with Crippen LogP contribution >= 0.6 is 22.6 Å². The molecular weight excluding hydrogens is 409 g/mol. The molecule has 0 saturated carbocycles. The molecule has 0 spiro atoms. The van der Waals surface area contributed by atoms with Crippen LogP contribution in [-0.2, 0) is 11.3 Å².